The normalized spacial score (nSPS) is 18.9. The SMILES string of the molecule is CN(c1cc2cc(c1)C(=O)NC(c1ccccc1)CCc1cccc(c1)CC(N)C(=O)OC2)S(=O)(=O)C(F)(F)F. The maximum Gasteiger partial charge on any atom is 0.516 e. The topological polar surface area (TPSA) is 119 Å². The second kappa shape index (κ2) is 11.7. The summed E-state index contributed by atoms with van der Waals surface area (Å²) in [4.78, 5) is 26.0. The molecule has 0 saturated carbocycles. The number of nitrogens with one attached hydrogen (secondary N) is 1. The summed E-state index contributed by atoms with van der Waals surface area (Å²) in [5.41, 5.74) is 2.67. The van der Waals surface area contributed by atoms with Gasteiger partial charge in [-0.25, -0.2) is 0 Å². The number of benzene rings is 3. The number of cyclic esters (lactones) is 1. The molecular weight excluding hydrogens is 547 g/mol. The number of aryl methyl sites for hydroxylation is 1. The van der Waals surface area contributed by atoms with Crippen LogP contribution in [0.15, 0.2) is 72.8 Å². The molecule has 2 unspecified atom stereocenters. The number of nitrogens with two attached hydrogens (primary N) is 1. The molecule has 1 aliphatic rings. The number of ether oxygens (including phenoxy) is 1. The molecule has 12 heteroatoms. The number of hydrogen-bond donors (Lipinski definition) is 2. The third-order valence-electron chi connectivity index (χ3n) is 6.62. The Morgan fingerprint density at radius 1 is 0.950 bits per heavy atom. The molecule has 0 saturated heterocycles. The summed E-state index contributed by atoms with van der Waals surface area (Å²) in [6.07, 6.45) is 1.25. The average Bonchev–Trinajstić information content (AvgIpc) is 2.92. The first kappa shape index (κ1) is 29.1. The Kier molecular flexibility index (Phi) is 8.50. The Hall–Kier alpha value is -3.90. The molecule has 0 aromatic heterocycles. The highest BCUT2D eigenvalue weighted by molar-refractivity contribution is 7.93. The summed E-state index contributed by atoms with van der Waals surface area (Å²) in [5, 5.41) is 2.93. The maximum absolute atomic E-state index is 13.4. The van der Waals surface area contributed by atoms with Gasteiger partial charge in [-0.2, -0.15) is 21.6 Å². The molecule has 8 nitrogen and oxygen atoms in total. The lowest BCUT2D eigenvalue weighted by molar-refractivity contribution is -0.146. The molecule has 1 amide bonds. The van der Waals surface area contributed by atoms with E-state index >= 15 is 0 Å². The van der Waals surface area contributed by atoms with Crippen LogP contribution in [-0.4, -0.2) is 38.9 Å². The molecule has 3 N–H and O–H groups in total. The Morgan fingerprint density at radius 2 is 1.65 bits per heavy atom. The highest BCUT2D eigenvalue weighted by Gasteiger charge is 2.49. The van der Waals surface area contributed by atoms with E-state index in [4.69, 9.17) is 10.5 Å². The van der Waals surface area contributed by atoms with Gasteiger partial charge in [-0.1, -0.05) is 54.6 Å². The van der Waals surface area contributed by atoms with E-state index in [0.717, 1.165) is 35.9 Å². The molecule has 0 fully saturated rings. The molecule has 3 aromatic rings. The zero-order chi connectivity index (χ0) is 29.1. The van der Waals surface area contributed by atoms with Crippen LogP contribution in [0.3, 0.4) is 0 Å². The van der Waals surface area contributed by atoms with Gasteiger partial charge in [-0.15, -0.1) is 0 Å². The summed E-state index contributed by atoms with van der Waals surface area (Å²) in [5.74, 6) is -1.40. The first-order valence-electron chi connectivity index (χ1n) is 12.4. The standard InChI is InChI=1S/C28H28F3N3O5S/c1-34(40(37,38)28(29,30)31)23-14-20-13-22(16-23)26(35)33-25(21-8-3-2-4-9-21)11-10-18-6-5-7-19(12-18)15-24(32)27(36)39-17-20/h2-9,12-14,16,24-25H,10-11,15,17,32H2,1H3,(H,33,35). The molecule has 212 valence electrons. The van der Waals surface area contributed by atoms with Crippen LogP contribution in [0, 0.1) is 0 Å². The molecule has 2 atom stereocenters. The number of anilines is 1. The fourth-order valence-corrected chi connectivity index (χ4v) is 5.13. The van der Waals surface area contributed by atoms with Gasteiger partial charge in [0.2, 0.25) is 0 Å². The monoisotopic (exact) mass is 575 g/mol. The number of sulfonamides is 1. The first-order chi connectivity index (χ1) is 18.8. The van der Waals surface area contributed by atoms with Crippen molar-refractivity contribution < 1.29 is 35.9 Å². The average molecular weight is 576 g/mol. The molecule has 1 heterocycles. The first-order valence-corrected chi connectivity index (χ1v) is 13.8. The molecular formula is C28H28F3N3O5S. The van der Waals surface area contributed by atoms with E-state index in [2.05, 4.69) is 5.32 Å². The molecule has 40 heavy (non-hydrogen) atoms. The van der Waals surface area contributed by atoms with Gasteiger partial charge in [-0.3, -0.25) is 13.9 Å². The largest absolute Gasteiger partial charge is 0.516 e. The molecule has 4 rings (SSSR count). The lowest BCUT2D eigenvalue weighted by atomic mass is 9.96. The summed E-state index contributed by atoms with van der Waals surface area (Å²) < 4.78 is 69.4. The number of alkyl halides is 3. The van der Waals surface area contributed by atoms with Crippen molar-refractivity contribution in [2.45, 2.75) is 43.5 Å². The summed E-state index contributed by atoms with van der Waals surface area (Å²) >= 11 is 0. The molecule has 1 aliphatic heterocycles. The number of esters is 1. The minimum absolute atomic E-state index is 0.0420. The van der Waals surface area contributed by atoms with Gasteiger partial charge in [0.05, 0.1) is 11.7 Å². The highest BCUT2D eigenvalue weighted by atomic mass is 32.2. The Balaban J connectivity index is 1.77. The van der Waals surface area contributed by atoms with Crippen LogP contribution in [0.1, 0.15) is 45.1 Å². The Labute approximate surface area is 230 Å². The van der Waals surface area contributed by atoms with Crippen LogP contribution < -0.4 is 15.4 Å². The quantitative estimate of drug-likeness (QED) is 0.456. The van der Waals surface area contributed by atoms with Crippen LogP contribution in [-0.2, 0) is 39.0 Å². The van der Waals surface area contributed by atoms with Crippen LogP contribution in [0.2, 0.25) is 0 Å². The zero-order valence-electron chi connectivity index (χ0n) is 21.5. The number of hydrogen-bond acceptors (Lipinski definition) is 6. The van der Waals surface area contributed by atoms with Crippen LogP contribution >= 0.6 is 0 Å². The number of carbonyl (C=O) groups excluding carboxylic acids is 2. The third kappa shape index (κ3) is 6.62. The van der Waals surface area contributed by atoms with Crippen molar-refractivity contribution >= 4 is 27.6 Å². The highest BCUT2D eigenvalue weighted by Crippen LogP contribution is 2.31. The molecule has 0 aliphatic carbocycles. The fraction of sp³-hybridized carbons (Fsp3) is 0.286. The third-order valence-corrected chi connectivity index (χ3v) is 8.13. The van der Waals surface area contributed by atoms with Crippen LogP contribution in [0.25, 0.3) is 0 Å². The fourth-order valence-electron chi connectivity index (χ4n) is 4.44. The number of amides is 1. The van der Waals surface area contributed by atoms with Crippen molar-refractivity contribution in [2.24, 2.45) is 5.73 Å². The van der Waals surface area contributed by atoms with Crippen LogP contribution in [0.4, 0.5) is 18.9 Å². The second-order valence-corrected chi connectivity index (χ2v) is 11.5. The van der Waals surface area contributed by atoms with E-state index in [1.165, 1.54) is 6.07 Å². The van der Waals surface area contributed by atoms with Gasteiger partial charge >= 0.3 is 21.5 Å². The van der Waals surface area contributed by atoms with Gasteiger partial charge in [0.25, 0.3) is 5.91 Å². The molecule has 0 spiro atoms. The molecule has 4 bridgehead atoms. The van der Waals surface area contributed by atoms with Gasteiger partial charge in [0, 0.05) is 12.6 Å². The molecule has 3 aromatic carbocycles. The zero-order valence-corrected chi connectivity index (χ0v) is 22.3. The Morgan fingerprint density at radius 3 is 2.35 bits per heavy atom. The van der Waals surface area contributed by atoms with Gasteiger partial charge in [0.1, 0.15) is 12.6 Å². The van der Waals surface area contributed by atoms with Crippen molar-refractivity contribution in [3.8, 4) is 0 Å². The predicted molar refractivity (Wildman–Crippen MR) is 143 cm³/mol. The number of carbonyl (C=O) groups is 2. The van der Waals surface area contributed by atoms with Crippen molar-refractivity contribution in [1.82, 2.24) is 5.32 Å². The summed E-state index contributed by atoms with van der Waals surface area (Å²) in [6, 6.07) is 18.8. The van der Waals surface area contributed by atoms with E-state index in [-0.39, 0.29) is 21.9 Å². The number of rotatable bonds is 3. The minimum atomic E-state index is -5.76. The van der Waals surface area contributed by atoms with Gasteiger partial charge in [-0.05, 0) is 59.7 Å². The van der Waals surface area contributed by atoms with Gasteiger partial charge in [0.15, 0.2) is 0 Å². The van der Waals surface area contributed by atoms with Crippen molar-refractivity contribution in [3.63, 3.8) is 0 Å². The Bertz CT molecular complexity index is 1500. The van der Waals surface area contributed by atoms with E-state index in [0.29, 0.717) is 12.8 Å². The number of halogens is 3. The lowest BCUT2D eigenvalue weighted by Gasteiger charge is -2.23. The molecule has 0 radical (unpaired) electrons. The maximum atomic E-state index is 13.4. The predicted octanol–water partition coefficient (Wildman–Crippen LogP) is 4.00. The number of nitrogens with zero attached hydrogens (tertiary/aromatic N) is 1. The number of fused-ring (bicyclic) bond motifs is 4. The van der Waals surface area contributed by atoms with E-state index in [1.807, 2.05) is 54.6 Å². The minimum Gasteiger partial charge on any atom is -0.460 e. The van der Waals surface area contributed by atoms with Crippen molar-refractivity contribution in [3.05, 3.63) is 101 Å². The van der Waals surface area contributed by atoms with Gasteiger partial charge < -0.3 is 15.8 Å². The van der Waals surface area contributed by atoms with E-state index in [9.17, 15) is 31.2 Å². The smallest absolute Gasteiger partial charge is 0.460 e. The van der Waals surface area contributed by atoms with Crippen LogP contribution in [0.5, 0.6) is 0 Å². The second-order valence-electron chi connectivity index (χ2n) is 9.52. The van der Waals surface area contributed by atoms with Crippen molar-refractivity contribution in [1.29, 1.82) is 0 Å². The van der Waals surface area contributed by atoms with E-state index in [1.54, 1.807) is 0 Å². The van der Waals surface area contributed by atoms with Crippen molar-refractivity contribution in [2.75, 3.05) is 11.4 Å². The lowest BCUT2D eigenvalue weighted by Crippen LogP contribution is -2.38. The van der Waals surface area contributed by atoms with E-state index < -0.39 is 51.8 Å². The summed E-state index contributed by atoms with van der Waals surface area (Å²) in [6.45, 7) is -0.442. The summed E-state index contributed by atoms with van der Waals surface area (Å²) in [7, 11) is -5.03.